The molecule has 7 heteroatoms. The minimum Gasteiger partial charge on any atom is -0.496 e. The molecule has 1 heterocycles. The van der Waals surface area contributed by atoms with Gasteiger partial charge < -0.3 is 10.1 Å². The Bertz CT molecular complexity index is 976. The van der Waals surface area contributed by atoms with Gasteiger partial charge in [-0.3, -0.25) is 4.79 Å². The van der Waals surface area contributed by atoms with Gasteiger partial charge in [0.05, 0.1) is 24.0 Å². The van der Waals surface area contributed by atoms with Crippen molar-refractivity contribution in [3.63, 3.8) is 0 Å². The first-order valence-electron chi connectivity index (χ1n) is 10.4. The van der Waals surface area contributed by atoms with Crippen molar-refractivity contribution in [1.29, 1.82) is 0 Å². The molecule has 0 radical (unpaired) electrons. The van der Waals surface area contributed by atoms with Gasteiger partial charge in [0.15, 0.2) is 0 Å². The maximum absolute atomic E-state index is 13.0. The SMILES string of the molecule is CC[C@H](NC(=O)[C@H]1CCCN(S(=O)(=O)c2ccccc2)C1)c1ccc(OC)c(C)c1. The Morgan fingerprint density at radius 2 is 1.97 bits per heavy atom. The Morgan fingerprint density at radius 3 is 2.60 bits per heavy atom. The van der Waals surface area contributed by atoms with Crippen molar-refractivity contribution in [2.75, 3.05) is 20.2 Å². The molecule has 2 aromatic carbocycles. The van der Waals surface area contributed by atoms with Crippen LogP contribution in [0.3, 0.4) is 0 Å². The van der Waals surface area contributed by atoms with Gasteiger partial charge in [0.2, 0.25) is 15.9 Å². The number of methoxy groups -OCH3 is 1. The second-order valence-electron chi connectivity index (χ2n) is 7.71. The van der Waals surface area contributed by atoms with Crippen LogP contribution in [0.5, 0.6) is 5.75 Å². The molecule has 1 fully saturated rings. The van der Waals surface area contributed by atoms with Gasteiger partial charge in [-0.25, -0.2) is 8.42 Å². The van der Waals surface area contributed by atoms with Crippen molar-refractivity contribution in [3.8, 4) is 5.75 Å². The minimum absolute atomic E-state index is 0.0942. The van der Waals surface area contributed by atoms with E-state index in [1.807, 2.05) is 32.0 Å². The van der Waals surface area contributed by atoms with Crippen molar-refractivity contribution < 1.29 is 17.9 Å². The number of sulfonamides is 1. The van der Waals surface area contributed by atoms with Crippen molar-refractivity contribution in [1.82, 2.24) is 9.62 Å². The summed E-state index contributed by atoms with van der Waals surface area (Å²) in [6.07, 6.45) is 2.10. The average molecular weight is 431 g/mol. The van der Waals surface area contributed by atoms with Crippen LogP contribution in [0.1, 0.15) is 43.4 Å². The molecule has 0 bridgehead atoms. The Labute approximate surface area is 179 Å². The third kappa shape index (κ3) is 4.84. The van der Waals surface area contributed by atoms with E-state index in [0.29, 0.717) is 19.4 Å². The van der Waals surface area contributed by atoms with E-state index < -0.39 is 10.0 Å². The summed E-state index contributed by atoms with van der Waals surface area (Å²) in [5.41, 5.74) is 2.04. The van der Waals surface area contributed by atoms with E-state index in [2.05, 4.69) is 5.32 Å². The summed E-state index contributed by atoms with van der Waals surface area (Å²) >= 11 is 0. The standard InChI is InChI=1S/C23H30N2O4S/c1-4-21(18-12-13-22(29-3)17(2)15-18)24-23(26)19-9-8-14-25(16-19)30(27,28)20-10-6-5-7-11-20/h5-7,10-13,15,19,21H,4,8-9,14,16H2,1-3H3,(H,24,26)/t19-,21-/m0/s1. The number of ether oxygens (including phenoxy) is 1. The molecule has 2 atom stereocenters. The molecule has 1 N–H and O–H groups in total. The van der Waals surface area contributed by atoms with Crippen molar-refractivity contribution >= 4 is 15.9 Å². The van der Waals surface area contributed by atoms with Crippen LogP contribution in [-0.2, 0) is 14.8 Å². The molecular formula is C23H30N2O4S. The van der Waals surface area contributed by atoms with Crippen LogP contribution in [0.15, 0.2) is 53.4 Å². The number of aryl methyl sites for hydroxylation is 1. The number of hydrogen-bond acceptors (Lipinski definition) is 4. The fourth-order valence-corrected chi connectivity index (χ4v) is 5.49. The highest BCUT2D eigenvalue weighted by atomic mass is 32.2. The van der Waals surface area contributed by atoms with E-state index in [9.17, 15) is 13.2 Å². The molecule has 2 aromatic rings. The molecule has 0 spiro atoms. The molecule has 6 nitrogen and oxygen atoms in total. The third-order valence-corrected chi connectivity index (χ3v) is 7.56. The fraction of sp³-hybridized carbons (Fsp3) is 0.435. The van der Waals surface area contributed by atoms with Crippen LogP contribution in [0.25, 0.3) is 0 Å². The van der Waals surface area contributed by atoms with Crippen LogP contribution in [0.4, 0.5) is 0 Å². The van der Waals surface area contributed by atoms with Gasteiger partial charge in [0, 0.05) is 13.1 Å². The number of rotatable bonds is 7. The fourth-order valence-electron chi connectivity index (χ4n) is 3.95. The molecule has 0 aliphatic carbocycles. The van der Waals surface area contributed by atoms with Crippen LogP contribution >= 0.6 is 0 Å². The molecular weight excluding hydrogens is 400 g/mol. The Hall–Kier alpha value is -2.38. The number of piperidine rings is 1. The predicted octanol–water partition coefficient (Wildman–Crippen LogP) is 3.67. The first-order chi connectivity index (χ1) is 14.4. The number of carbonyl (C=O) groups excluding carboxylic acids is 1. The monoisotopic (exact) mass is 430 g/mol. The zero-order valence-electron chi connectivity index (χ0n) is 17.8. The molecule has 1 saturated heterocycles. The van der Waals surface area contributed by atoms with Gasteiger partial charge >= 0.3 is 0 Å². The van der Waals surface area contributed by atoms with E-state index in [1.165, 1.54) is 4.31 Å². The molecule has 3 rings (SSSR count). The van der Waals surface area contributed by atoms with Gasteiger partial charge in [0.1, 0.15) is 5.75 Å². The van der Waals surface area contributed by atoms with Gasteiger partial charge in [-0.05, 0) is 55.5 Å². The Balaban J connectivity index is 1.71. The zero-order valence-corrected chi connectivity index (χ0v) is 18.6. The second-order valence-corrected chi connectivity index (χ2v) is 9.65. The second kappa shape index (κ2) is 9.62. The number of hydrogen-bond donors (Lipinski definition) is 1. The Morgan fingerprint density at radius 1 is 1.23 bits per heavy atom. The normalized spacial score (nSPS) is 18.6. The van der Waals surface area contributed by atoms with Gasteiger partial charge in [0.25, 0.3) is 0 Å². The number of nitrogens with one attached hydrogen (secondary N) is 1. The Kier molecular flexibility index (Phi) is 7.15. The summed E-state index contributed by atoms with van der Waals surface area (Å²) in [6, 6.07) is 14.2. The van der Waals surface area contributed by atoms with Gasteiger partial charge in [-0.1, -0.05) is 37.3 Å². The molecule has 30 heavy (non-hydrogen) atoms. The highest BCUT2D eigenvalue weighted by molar-refractivity contribution is 7.89. The number of amides is 1. The third-order valence-electron chi connectivity index (χ3n) is 5.68. The smallest absolute Gasteiger partial charge is 0.243 e. The lowest BCUT2D eigenvalue weighted by molar-refractivity contribution is -0.126. The van der Waals surface area contributed by atoms with Crippen LogP contribution in [-0.4, -0.2) is 38.8 Å². The number of benzene rings is 2. The summed E-state index contributed by atoms with van der Waals surface area (Å²) in [4.78, 5) is 13.3. The highest BCUT2D eigenvalue weighted by Gasteiger charge is 2.33. The van der Waals surface area contributed by atoms with Gasteiger partial charge in [-0.2, -0.15) is 4.31 Å². The minimum atomic E-state index is -3.59. The van der Waals surface area contributed by atoms with Crippen LogP contribution < -0.4 is 10.1 Å². The summed E-state index contributed by atoms with van der Waals surface area (Å²) in [5.74, 6) is 0.364. The lowest BCUT2D eigenvalue weighted by Gasteiger charge is -2.32. The molecule has 1 aliphatic heterocycles. The molecule has 0 aromatic heterocycles. The lowest BCUT2D eigenvalue weighted by atomic mass is 9.96. The topological polar surface area (TPSA) is 75.7 Å². The maximum Gasteiger partial charge on any atom is 0.243 e. The van der Waals surface area contributed by atoms with Crippen molar-refractivity contribution in [2.45, 2.75) is 44.0 Å². The van der Waals surface area contributed by atoms with Crippen LogP contribution in [0.2, 0.25) is 0 Å². The molecule has 162 valence electrons. The van der Waals surface area contributed by atoms with E-state index in [-0.39, 0.29) is 29.3 Å². The maximum atomic E-state index is 13.0. The quantitative estimate of drug-likeness (QED) is 0.727. The number of carbonyl (C=O) groups is 1. The van der Waals surface area contributed by atoms with Crippen molar-refractivity contribution in [2.24, 2.45) is 5.92 Å². The molecule has 0 saturated carbocycles. The zero-order chi connectivity index (χ0) is 21.7. The van der Waals surface area contributed by atoms with E-state index in [4.69, 9.17) is 4.74 Å². The van der Waals surface area contributed by atoms with E-state index >= 15 is 0 Å². The largest absolute Gasteiger partial charge is 0.496 e. The molecule has 0 unspecified atom stereocenters. The highest BCUT2D eigenvalue weighted by Crippen LogP contribution is 2.27. The van der Waals surface area contributed by atoms with Crippen molar-refractivity contribution in [3.05, 3.63) is 59.7 Å². The summed E-state index contributed by atoms with van der Waals surface area (Å²) in [7, 11) is -1.95. The molecule has 1 amide bonds. The average Bonchev–Trinajstić information content (AvgIpc) is 2.78. The summed E-state index contributed by atoms with van der Waals surface area (Å²) in [5, 5.41) is 3.13. The van der Waals surface area contributed by atoms with Crippen LogP contribution in [0, 0.1) is 12.8 Å². The lowest BCUT2D eigenvalue weighted by Crippen LogP contribution is -2.46. The number of nitrogens with zero attached hydrogens (tertiary/aromatic N) is 1. The summed E-state index contributed by atoms with van der Waals surface area (Å²) < 4.78 is 32.6. The summed E-state index contributed by atoms with van der Waals surface area (Å²) in [6.45, 7) is 4.65. The van der Waals surface area contributed by atoms with Gasteiger partial charge in [-0.15, -0.1) is 0 Å². The molecule has 1 aliphatic rings. The first-order valence-corrected chi connectivity index (χ1v) is 11.8. The first kappa shape index (κ1) is 22.3. The predicted molar refractivity (Wildman–Crippen MR) is 117 cm³/mol. The van der Waals surface area contributed by atoms with E-state index in [1.54, 1.807) is 37.4 Å². The van der Waals surface area contributed by atoms with E-state index in [0.717, 1.165) is 23.3 Å².